The number of hydrogen-bond acceptors (Lipinski definition) is 4. The Morgan fingerprint density at radius 2 is 1.88 bits per heavy atom. The highest BCUT2D eigenvalue weighted by molar-refractivity contribution is 5.98. The molecule has 0 unspecified atom stereocenters. The van der Waals surface area contributed by atoms with Crippen molar-refractivity contribution in [3.8, 4) is 5.69 Å². The van der Waals surface area contributed by atoms with Crippen molar-refractivity contribution in [2.24, 2.45) is 0 Å². The van der Waals surface area contributed by atoms with E-state index in [1.165, 1.54) is 28.5 Å². The standard InChI is InChI=1S/C31H35FN6O2/c1-19(2)36(3)30(39)24-15-22(32)5-7-28(24)38-18-25(23-8-11-33-16-29(23)38)21-9-12-37(13-10-21)17-20-4-6-26-27(14-20)35-31(40)34-26/h4-8,14-16,18-19,21,33H,9-13,17H2,1-3H3,(H2,34,35,40). The van der Waals surface area contributed by atoms with Crippen LogP contribution in [0.3, 0.4) is 0 Å². The zero-order valence-corrected chi connectivity index (χ0v) is 23.1. The van der Waals surface area contributed by atoms with E-state index in [1.807, 2.05) is 36.7 Å². The van der Waals surface area contributed by atoms with E-state index in [1.54, 1.807) is 18.0 Å². The highest BCUT2D eigenvalue weighted by Gasteiger charge is 2.26. The van der Waals surface area contributed by atoms with E-state index in [2.05, 4.69) is 38.5 Å². The maximum absolute atomic E-state index is 14.4. The van der Waals surface area contributed by atoms with Gasteiger partial charge >= 0.3 is 5.69 Å². The van der Waals surface area contributed by atoms with Crippen LogP contribution in [0.25, 0.3) is 29.0 Å². The summed E-state index contributed by atoms with van der Waals surface area (Å²) >= 11 is 0. The van der Waals surface area contributed by atoms with Crippen LogP contribution >= 0.6 is 0 Å². The van der Waals surface area contributed by atoms with E-state index >= 15 is 0 Å². The first-order valence-electron chi connectivity index (χ1n) is 13.9. The van der Waals surface area contributed by atoms with Crippen LogP contribution in [0.2, 0.25) is 0 Å². The Labute approximate surface area is 231 Å². The second-order valence-corrected chi connectivity index (χ2v) is 11.2. The molecular weight excluding hydrogens is 507 g/mol. The van der Waals surface area contributed by atoms with E-state index in [4.69, 9.17) is 0 Å². The Morgan fingerprint density at radius 3 is 2.65 bits per heavy atom. The second-order valence-electron chi connectivity index (χ2n) is 11.2. The van der Waals surface area contributed by atoms with Gasteiger partial charge in [0.15, 0.2) is 0 Å². The van der Waals surface area contributed by atoms with Gasteiger partial charge in [-0.15, -0.1) is 0 Å². The van der Waals surface area contributed by atoms with Crippen LogP contribution in [0.15, 0.2) is 47.4 Å². The molecule has 1 saturated heterocycles. The first-order chi connectivity index (χ1) is 19.3. The predicted molar refractivity (Wildman–Crippen MR) is 155 cm³/mol. The molecule has 1 fully saturated rings. The van der Waals surface area contributed by atoms with Gasteiger partial charge in [0.05, 0.1) is 27.6 Å². The monoisotopic (exact) mass is 542 g/mol. The fraction of sp³-hybridized carbons (Fsp3) is 0.355. The Morgan fingerprint density at radius 1 is 1.10 bits per heavy atom. The molecule has 0 saturated carbocycles. The maximum atomic E-state index is 14.4. The van der Waals surface area contributed by atoms with Gasteiger partial charge in [-0.2, -0.15) is 0 Å². The fourth-order valence-electron chi connectivity index (χ4n) is 5.92. The SMILES string of the molecule is CC(C)N(C)C(=O)c1cc(F)ccc1-n1cc(C2CCN(Cc3ccc4[nH]c(=O)[nH]c4c3)CC2)c2c1=CNCC=2. The number of fused-ring (bicyclic) bond motifs is 2. The molecule has 6 rings (SSSR count). The van der Waals surface area contributed by atoms with Gasteiger partial charge in [0.25, 0.3) is 5.91 Å². The molecule has 4 aromatic rings. The average molecular weight is 543 g/mol. The first-order valence-corrected chi connectivity index (χ1v) is 13.9. The number of carbonyl (C=O) groups is 1. The van der Waals surface area contributed by atoms with Gasteiger partial charge in [-0.25, -0.2) is 9.18 Å². The van der Waals surface area contributed by atoms with Crippen LogP contribution in [0.1, 0.15) is 54.1 Å². The topological polar surface area (TPSA) is 89.2 Å². The summed E-state index contributed by atoms with van der Waals surface area (Å²) in [5.74, 6) is -0.236. The Bertz CT molecular complexity index is 1760. The van der Waals surface area contributed by atoms with Crippen LogP contribution in [0, 0.1) is 5.82 Å². The molecule has 2 aliphatic heterocycles. The number of nitrogens with one attached hydrogen (secondary N) is 3. The van der Waals surface area contributed by atoms with Crippen LogP contribution in [-0.2, 0) is 6.54 Å². The summed E-state index contributed by atoms with van der Waals surface area (Å²) < 4.78 is 16.4. The molecular formula is C31H35FN6O2. The van der Waals surface area contributed by atoms with Crippen molar-refractivity contribution in [3.05, 3.63) is 86.2 Å². The van der Waals surface area contributed by atoms with Crippen molar-refractivity contribution in [1.29, 1.82) is 0 Å². The Balaban J connectivity index is 1.27. The normalized spacial score (nSPS) is 15.9. The molecule has 0 atom stereocenters. The average Bonchev–Trinajstić information content (AvgIpc) is 3.52. The van der Waals surface area contributed by atoms with E-state index < -0.39 is 5.82 Å². The number of imidazole rings is 1. The van der Waals surface area contributed by atoms with E-state index in [-0.39, 0.29) is 17.6 Å². The molecule has 1 amide bonds. The lowest BCUT2D eigenvalue weighted by Crippen LogP contribution is -2.39. The van der Waals surface area contributed by atoms with Crippen molar-refractivity contribution in [2.45, 2.75) is 45.2 Å². The third kappa shape index (κ3) is 4.86. The number of carbonyl (C=O) groups excluding carboxylic acids is 1. The highest BCUT2D eigenvalue weighted by atomic mass is 19.1. The minimum Gasteiger partial charge on any atom is -0.386 e. The Kier molecular flexibility index (Phi) is 6.83. The molecule has 9 heteroatoms. The van der Waals surface area contributed by atoms with Gasteiger partial charge in [-0.3, -0.25) is 9.69 Å². The Hall–Kier alpha value is -4.11. The van der Waals surface area contributed by atoms with Crippen molar-refractivity contribution in [3.63, 3.8) is 0 Å². The van der Waals surface area contributed by atoms with Gasteiger partial charge in [-0.1, -0.05) is 12.1 Å². The number of aromatic amines is 2. The third-order valence-electron chi connectivity index (χ3n) is 8.33. The van der Waals surface area contributed by atoms with Gasteiger partial charge in [-0.05, 0) is 87.2 Å². The van der Waals surface area contributed by atoms with Crippen LogP contribution in [-0.4, -0.2) is 63.0 Å². The van der Waals surface area contributed by atoms with Crippen molar-refractivity contribution >= 4 is 29.2 Å². The summed E-state index contributed by atoms with van der Waals surface area (Å²) in [6, 6.07) is 10.6. The van der Waals surface area contributed by atoms with Crippen LogP contribution in [0.4, 0.5) is 4.39 Å². The maximum Gasteiger partial charge on any atom is 0.323 e. The largest absolute Gasteiger partial charge is 0.386 e. The van der Waals surface area contributed by atoms with Gasteiger partial charge in [0.1, 0.15) is 5.82 Å². The molecule has 0 bridgehead atoms. The molecule has 208 valence electrons. The zero-order valence-electron chi connectivity index (χ0n) is 23.1. The molecule has 0 spiro atoms. The van der Waals surface area contributed by atoms with Gasteiger partial charge < -0.3 is 24.8 Å². The number of hydrogen-bond donors (Lipinski definition) is 3. The first kappa shape index (κ1) is 26.1. The number of benzene rings is 2. The molecule has 2 aliphatic rings. The molecule has 3 N–H and O–H groups in total. The predicted octanol–water partition coefficient (Wildman–Crippen LogP) is 2.77. The van der Waals surface area contributed by atoms with E-state index in [0.29, 0.717) is 17.2 Å². The minimum atomic E-state index is -0.423. The molecule has 40 heavy (non-hydrogen) atoms. The molecule has 4 heterocycles. The van der Waals surface area contributed by atoms with E-state index in [9.17, 15) is 14.0 Å². The zero-order chi connectivity index (χ0) is 28.0. The lowest BCUT2D eigenvalue weighted by atomic mass is 9.89. The summed E-state index contributed by atoms with van der Waals surface area (Å²) in [5.41, 5.74) is 4.98. The van der Waals surface area contributed by atoms with E-state index in [0.717, 1.165) is 55.4 Å². The summed E-state index contributed by atoms with van der Waals surface area (Å²) in [4.78, 5) is 34.7. The van der Waals surface area contributed by atoms with Crippen LogP contribution < -0.4 is 21.6 Å². The fourth-order valence-corrected chi connectivity index (χ4v) is 5.92. The number of nitrogens with zero attached hydrogens (tertiary/aromatic N) is 3. The number of rotatable bonds is 6. The molecule has 8 nitrogen and oxygen atoms in total. The summed E-state index contributed by atoms with van der Waals surface area (Å²) in [7, 11) is 1.75. The second kappa shape index (κ2) is 10.5. The number of halogens is 1. The number of piperidine rings is 1. The third-order valence-corrected chi connectivity index (χ3v) is 8.33. The quantitative estimate of drug-likeness (QED) is 0.350. The summed E-state index contributed by atoms with van der Waals surface area (Å²) in [5, 5.41) is 5.50. The molecule has 0 radical (unpaired) electrons. The smallest absolute Gasteiger partial charge is 0.323 e. The molecule has 0 aliphatic carbocycles. The lowest BCUT2D eigenvalue weighted by Gasteiger charge is -2.32. The number of amides is 1. The van der Waals surface area contributed by atoms with Gasteiger partial charge in [0.2, 0.25) is 0 Å². The van der Waals surface area contributed by atoms with Crippen LogP contribution in [0.5, 0.6) is 0 Å². The summed E-state index contributed by atoms with van der Waals surface area (Å²) in [6.07, 6.45) is 8.41. The number of likely N-dealkylation sites (tertiary alicyclic amines) is 1. The number of aromatic nitrogens is 3. The minimum absolute atomic E-state index is 0.00303. The van der Waals surface area contributed by atoms with Crippen molar-refractivity contribution in [2.75, 3.05) is 26.7 Å². The van der Waals surface area contributed by atoms with Gasteiger partial charge in [0, 0.05) is 43.8 Å². The highest BCUT2D eigenvalue weighted by Crippen LogP contribution is 2.28. The molecule has 2 aromatic heterocycles. The number of H-pyrrole nitrogens is 2. The van der Waals surface area contributed by atoms with Crippen molar-refractivity contribution in [1.82, 2.24) is 29.7 Å². The lowest BCUT2D eigenvalue weighted by molar-refractivity contribution is 0.0754. The summed E-state index contributed by atoms with van der Waals surface area (Å²) in [6.45, 7) is 7.42. The molecule has 2 aromatic carbocycles. The van der Waals surface area contributed by atoms with Crippen molar-refractivity contribution < 1.29 is 9.18 Å².